The molecule has 0 bridgehead atoms. The first-order valence-corrected chi connectivity index (χ1v) is 12.2. The van der Waals surface area contributed by atoms with Gasteiger partial charge in [0.1, 0.15) is 11.8 Å². The van der Waals surface area contributed by atoms with Crippen molar-refractivity contribution in [1.29, 1.82) is 0 Å². The van der Waals surface area contributed by atoms with Crippen LogP contribution in [0.25, 0.3) is 0 Å². The van der Waals surface area contributed by atoms with Crippen LogP contribution in [-0.4, -0.2) is 51.1 Å². The van der Waals surface area contributed by atoms with Crippen LogP contribution in [0, 0.1) is 0 Å². The first-order chi connectivity index (χ1) is 13.8. The number of hydrogen-bond donors (Lipinski definition) is 2. The second-order valence-electron chi connectivity index (χ2n) is 6.29. The van der Waals surface area contributed by atoms with Gasteiger partial charge >= 0.3 is 0 Å². The van der Waals surface area contributed by atoms with Gasteiger partial charge in [-0.25, -0.2) is 8.42 Å². The van der Waals surface area contributed by atoms with Crippen LogP contribution >= 0.6 is 11.8 Å². The maximum atomic E-state index is 12.7. The van der Waals surface area contributed by atoms with Gasteiger partial charge in [-0.15, -0.1) is 0 Å². The van der Waals surface area contributed by atoms with Gasteiger partial charge in [-0.3, -0.25) is 9.59 Å². The molecule has 0 spiro atoms. The Bertz CT molecular complexity index is 933. The number of rotatable bonds is 10. The second kappa shape index (κ2) is 10.9. The number of carbonyl (C=O) groups excluding carboxylic acids is 2. The van der Waals surface area contributed by atoms with Crippen LogP contribution < -0.4 is 15.4 Å². The lowest BCUT2D eigenvalue weighted by atomic mass is 10.2. The molecule has 29 heavy (non-hydrogen) atoms. The van der Waals surface area contributed by atoms with Crippen molar-refractivity contribution < 1.29 is 22.7 Å². The van der Waals surface area contributed by atoms with E-state index in [9.17, 15) is 18.0 Å². The summed E-state index contributed by atoms with van der Waals surface area (Å²) in [5, 5.41) is 5.35. The topological polar surface area (TPSA) is 102 Å². The fourth-order valence-corrected chi connectivity index (χ4v) is 3.58. The Hall–Kier alpha value is -2.52. The fourth-order valence-electron chi connectivity index (χ4n) is 2.44. The number of benzene rings is 2. The van der Waals surface area contributed by atoms with Crippen LogP contribution in [0.2, 0.25) is 0 Å². The molecule has 7 nitrogen and oxygen atoms in total. The highest BCUT2D eigenvalue weighted by molar-refractivity contribution is 7.98. The minimum Gasteiger partial charge on any atom is -0.484 e. The van der Waals surface area contributed by atoms with E-state index in [1.807, 2.05) is 12.3 Å². The maximum absolute atomic E-state index is 12.7. The van der Waals surface area contributed by atoms with E-state index in [4.69, 9.17) is 4.74 Å². The van der Waals surface area contributed by atoms with E-state index < -0.39 is 27.7 Å². The van der Waals surface area contributed by atoms with E-state index in [-0.39, 0.29) is 11.5 Å². The van der Waals surface area contributed by atoms with Crippen LogP contribution in [0.3, 0.4) is 0 Å². The molecule has 1 unspecified atom stereocenters. The molecule has 0 aromatic heterocycles. The molecule has 0 heterocycles. The van der Waals surface area contributed by atoms with Gasteiger partial charge < -0.3 is 15.4 Å². The third-order valence-electron chi connectivity index (χ3n) is 3.91. The average molecular weight is 437 g/mol. The molecule has 2 amide bonds. The number of hydrogen-bond acceptors (Lipinski definition) is 6. The Morgan fingerprint density at radius 3 is 2.48 bits per heavy atom. The number of para-hydroxylation sites is 1. The van der Waals surface area contributed by atoms with Crippen LogP contribution in [-0.2, 0) is 19.4 Å². The standard InChI is InChI=1S/C20H24N2O5S2/c1-28-12-11-18(22-19(23)14-27-16-8-4-3-5-9-16)20(24)21-15-7-6-10-17(13-15)29(2,25)26/h3-10,13,18H,11-12,14H2,1-2H3,(H,21,24)(H,22,23). The summed E-state index contributed by atoms with van der Waals surface area (Å²) in [5.74, 6) is 0.393. The van der Waals surface area contributed by atoms with Crippen molar-refractivity contribution >= 4 is 39.1 Å². The largest absolute Gasteiger partial charge is 0.484 e. The molecule has 156 valence electrons. The summed E-state index contributed by atoms with van der Waals surface area (Å²) in [4.78, 5) is 25.0. The first-order valence-electron chi connectivity index (χ1n) is 8.86. The third kappa shape index (κ3) is 7.78. The first kappa shape index (κ1) is 22.8. The lowest BCUT2D eigenvalue weighted by Gasteiger charge is -2.18. The number of thioether (sulfide) groups is 1. The van der Waals surface area contributed by atoms with Crippen molar-refractivity contribution in [2.24, 2.45) is 0 Å². The minimum absolute atomic E-state index is 0.108. The monoisotopic (exact) mass is 436 g/mol. The lowest BCUT2D eigenvalue weighted by Crippen LogP contribution is -2.45. The highest BCUT2D eigenvalue weighted by Gasteiger charge is 2.21. The number of carbonyl (C=O) groups is 2. The van der Waals surface area contributed by atoms with Crippen LogP contribution in [0.4, 0.5) is 5.69 Å². The normalized spacial score (nSPS) is 12.1. The molecule has 2 N–H and O–H groups in total. The molecule has 2 aromatic carbocycles. The summed E-state index contributed by atoms with van der Waals surface area (Å²) in [6.45, 7) is -0.212. The Morgan fingerprint density at radius 1 is 1.10 bits per heavy atom. The minimum atomic E-state index is -3.39. The molecule has 0 saturated heterocycles. The van der Waals surface area contributed by atoms with E-state index in [0.717, 1.165) is 6.26 Å². The number of sulfone groups is 1. The highest BCUT2D eigenvalue weighted by atomic mass is 32.2. The summed E-state index contributed by atoms with van der Waals surface area (Å²) in [6.07, 6.45) is 3.43. The van der Waals surface area contributed by atoms with E-state index in [2.05, 4.69) is 10.6 Å². The van der Waals surface area contributed by atoms with Crippen molar-refractivity contribution in [3.63, 3.8) is 0 Å². The molecule has 0 fully saturated rings. The second-order valence-corrected chi connectivity index (χ2v) is 9.29. The van der Waals surface area contributed by atoms with Crippen molar-refractivity contribution in [1.82, 2.24) is 5.32 Å². The Balaban J connectivity index is 2.01. The number of anilines is 1. The highest BCUT2D eigenvalue weighted by Crippen LogP contribution is 2.16. The predicted octanol–water partition coefficient (Wildman–Crippen LogP) is 2.35. The summed E-state index contributed by atoms with van der Waals surface area (Å²) in [6, 6.07) is 14.1. The summed E-state index contributed by atoms with van der Waals surface area (Å²) < 4.78 is 28.8. The van der Waals surface area contributed by atoms with Gasteiger partial charge in [-0.2, -0.15) is 11.8 Å². The molecular formula is C20H24N2O5S2. The van der Waals surface area contributed by atoms with Gasteiger partial charge in [0, 0.05) is 11.9 Å². The van der Waals surface area contributed by atoms with Gasteiger partial charge in [0.25, 0.3) is 5.91 Å². The summed E-state index contributed by atoms with van der Waals surface area (Å²) in [7, 11) is -3.39. The van der Waals surface area contributed by atoms with E-state index in [0.29, 0.717) is 23.6 Å². The van der Waals surface area contributed by atoms with Crippen LogP contribution in [0.1, 0.15) is 6.42 Å². The zero-order valence-electron chi connectivity index (χ0n) is 16.3. The maximum Gasteiger partial charge on any atom is 0.258 e. The molecule has 2 rings (SSSR count). The number of nitrogens with one attached hydrogen (secondary N) is 2. The van der Waals surface area contributed by atoms with Crippen molar-refractivity contribution in [3.8, 4) is 5.75 Å². The van der Waals surface area contributed by atoms with E-state index in [1.54, 1.807) is 48.2 Å². The Morgan fingerprint density at radius 2 is 1.83 bits per heavy atom. The van der Waals surface area contributed by atoms with Crippen LogP contribution in [0.15, 0.2) is 59.5 Å². The molecule has 0 aliphatic heterocycles. The molecular weight excluding hydrogens is 412 g/mol. The zero-order valence-corrected chi connectivity index (χ0v) is 17.9. The molecule has 1 atom stereocenters. The molecule has 0 saturated carbocycles. The van der Waals surface area contributed by atoms with Gasteiger partial charge in [0.15, 0.2) is 16.4 Å². The molecule has 9 heteroatoms. The molecule has 0 radical (unpaired) electrons. The van der Waals surface area contributed by atoms with Crippen molar-refractivity contribution in [3.05, 3.63) is 54.6 Å². The zero-order chi connectivity index (χ0) is 21.3. The Labute approximate surface area is 175 Å². The summed E-state index contributed by atoms with van der Waals surface area (Å²) in [5.41, 5.74) is 0.349. The van der Waals surface area contributed by atoms with Gasteiger partial charge in [0.05, 0.1) is 4.90 Å². The quantitative estimate of drug-likeness (QED) is 0.593. The summed E-state index contributed by atoms with van der Waals surface area (Å²) >= 11 is 1.55. The van der Waals surface area contributed by atoms with Crippen molar-refractivity contribution in [2.75, 3.05) is 30.2 Å². The molecule has 0 aliphatic rings. The van der Waals surface area contributed by atoms with Gasteiger partial charge in [-0.1, -0.05) is 24.3 Å². The SMILES string of the molecule is CSCCC(NC(=O)COc1ccccc1)C(=O)Nc1cccc(S(C)(=O)=O)c1. The number of ether oxygens (including phenoxy) is 1. The molecule has 2 aromatic rings. The van der Waals surface area contributed by atoms with E-state index in [1.165, 1.54) is 12.1 Å². The average Bonchev–Trinajstić information content (AvgIpc) is 2.70. The Kier molecular flexibility index (Phi) is 8.53. The van der Waals surface area contributed by atoms with Crippen molar-refractivity contribution in [2.45, 2.75) is 17.4 Å². The van der Waals surface area contributed by atoms with E-state index >= 15 is 0 Å². The predicted molar refractivity (Wildman–Crippen MR) is 115 cm³/mol. The number of amides is 2. The van der Waals surface area contributed by atoms with Crippen LogP contribution in [0.5, 0.6) is 5.75 Å². The smallest absolute Gasteiger partial charge is 0.258 e. The lowest BCUT2D eigenvalue weighted by molar-refractivity contribution is -0.127. The van der Waals surface area contributed by atoms with Gasteiger partial charge in [0.2, 0.25) is 5.91 Å². The fraction of sp³-hybridized carbons (Fsp3) is 0.300. The molecule has 0 aliphatic carbocycles. The van der Waals surface area contributed by atoms with Gasteiger partial charge in [-0.05, 0) is 48.8 Å². The third-order valence-corrected chi connectivity index (χ3v) is 5.66.